The Morgan fingerprint density at radius 3 is 2.27 bits per heavy atom. The number of rotatable bonds is 18. The molecule has 0 spiro atoms. The quantitative estimate of drug-likeness (QED) is 0.261. The highest BCUT2D eigenvalue weighted by molar-refractivity contribution is 5.95. The first-order valence-corrected chi connectivity index (χ1v) is 14.1. The van der Waals surface area contributed by atoms with Gasteiger partial charge in [-0.05, 0) is 24.8 Å². The molecule has 1 aliphatic heterocycles. The zero-order valence-electron chi connectivity index (χ0n) is 22.7. The minimum absolute atomic E-state index is 0.00468. The van der Waals surface area contributed by atoms with Gasteiger partial charge in [0.15, 0.2) is 0 Å². The lowest BCUT2D eigenvalue weighted by molar-refractivity contribution is -0.147. The van der Waals surface area contributed by atoms with Crippen LogP contribution in [0.1, 0.15) is 90.0 Å². The molecule has 37 heavy (non-hydrogen) atoms. The molecular weight excluding hydrogens is 468 g/mol. The van der Waals surface area contributed by atoms with Crippen LogP contribution in [-0.4, -0.2) is 60.2 Å². The number of nitrogens with one attached hydrogen (secondary N) is 3. The Labute approximate surface area is 222 Å². The second-order valence-electron chi connectivity index (χ2n) is 10.1. The van der Waals surface area contributed by atoms with Crippen molar-refractivity contribution in [3.63, 3.8) is 0 Å². The third kappa shape index (κ3) is 12.3. The molecule has 8 nitrogen and oxygen atoms in total. The normalized spacial score (nSPS) is 16.3. The number of carbonyl (C=O) groups excluding carboxylic acids is 4. The third-order valence-electron chi connectivity index (χ3n) is 6.82. The number of hydrogen-bond acceptors (Lipinski definition) is 4. The molecule has 0 aromatic heterocycles. The molecule has 2 rings (SSSR count). The molecule has 206 valence electrons. The molecule has 2 atom stereocenters. The van der Waals surface area contributed by atoms with E-state index in [0.717, 1.165) is 37.7 Å². The van der Waals surface area contributed by atoms with Gasteiger partial charge < -0.3 is 20.9 Å². The fraction of sp³-hybridized carbons (Fsp3) is 0.655. The van der Waals surface area contributed by atoms with E-state index in [0.29, 0.717) is 25.9 Å². The molecule has 1 aromatic rings. The molecule has 1 aromatic carbocycles. The van der Waals surface area contributed by atoms with Crippen molar-refractivity contribution in [2.75, 3.05) is 19.6 Å². The van der Waals surface area contributed by atoms with Crippen LogP contribution in [0.25, 0.3) is 0 Å². The van der Waals surface area contributed by atoms with E-state index in [1.165, 1.54) is 32.6 Å². The molecular formula is C29H46N4O4. The van der Waals surface area contributed by atoms with Crippen molar-refractivity contribution in [3.8, 4) is 0 Å². The summed E-state index contributed by atoms with van der Waals surface area (Å²) in [5, 5.41) is 8.55. The van der Waals surface area contributed by atoms with Crippen LogP contribution >= 0.6 is 0 Å². The topological polar surface area (TPSA) is 108 Å². The van der Waals surface area contributed by atoms with E-state index in [1.54, 1.807) is 4.90 Å². The van der Waals surface area contributed by atoms with Crippen molar-refractivity contribution in [1.82, 2.24) is 20.9 Å². The molecule has 4 amide bonds. The van der Waals surface area contributed by atoms with Crippen LogP contribution in [-0.2, 0) is 25.6 Å². The van der Waals surface area contributed by atoms with Crippen LogP contribution in [0.15, 0.2) is 30.3 Å². The zero-order valence-corrected chi connectivity index (χ0v) is 22.7. The number of piperazine rings is 1. The maximum atomic E-state index is 13.4. The molecule has 1 saturated heterocycles. The minimum Gasteiger partial charge on any atom is -0.356 e. The lowest BCUT2D eigenvalue weighted by Gasteiger charge is -2.38. The molecule has 0 radical (unpaired) electrons. The van der Waals surface area contributed by atoms with Gasteiger partial charge in [0.1, 0.15) is 6.04 Å². The largest absolute Gasteiger partial charge is 0.356 e. The van der Waals surface area contributed by atoms with Gasteiger partial charge in [0.25, 0.3) is 0 Å². The van der Waals surface area contributed by atoms with Crippen LogP contribution < -0.4 is 16.0 Å². The van der Waals surface area contributed by atoms with Gasteiger partial charge >= 0.3 is 0 Å². The first-order chi connectivity index (χ1) is 17.9. The summed E-state index contributed by atoms with van der Waals surface area (Å²) < 4.78 is 0. The lowest BCUT2D eigenvalue weighted by Crippen LogP contribution is -2.61. The first kappa shape index (κ1) is 30.3. The fourth-order valence-electron chi connectivity index (χ4n) is 4.77. The number of benzene rings is 1. The molecule has 3 N–H and O–H groups in total. The van der Waals surface area contributed by atoms with Crippen LogP contribution in [0, 0.1) is 0 Å². The Kier molecular flexibility index (Phi) is 14.4. The molecule has 0 unspecified atom stereocenters. The zero-order chi connectivity index (χ0) is 26.9. The number of carbonyl (C=O) groups is 4. The van der Waals surface area contributed by atoms with Crippen molar-refractivity contribution in [2.45, 2.75) is 103 Å². The SMILES string of the molecule is CCCCCCCCC[C@H](CC(=O)NCCCCNC(C)=O)N1CC(=O)N[C@@H](Cc2ccccc2)C1=O. The summed E-state index contributed by atoms with van der Waals surface area (Å²) in [5.74, 6) is -0.452. The number of unbranched alkanes of at least 4 members (excludes halogenated alkanes) is 7. The molecule has 0 bridgehead atoms. The van der Waals surface area contributed by atoms with Crippen molar-refractivity contribution in [3.05, 3.63) is 35.9 Å². The van der Waals surface area contributed by atoms with Gasteiger partial charge in [-0.1, -0.05) is 82.2 Å². The minimum atomic E-state index is -0.614. The van der Waals surface area contributed by atoms with Crippen molar-refractivity contribution >= 4 is 23.6 Å². The van der Waals surface area contributed by atoms with Crippen molar-refractivity contribution < 1.29 is 19.2 Å². The summed E-state index contributed by atoms with van der Waals surface area (Å²) in [4.78, 5) is 51.4. The summed E-state index contributed by atoms with van der Waals surface area (Å²) >= 11 is 0. The Morgan fingerprint density at radius 2 is 1.59 bits per heavy atom. The Bertz CT molecular complexity index is 846. The molecule has 0 aliphatic carbocycles. The maximum Gasteiger partial charge on any atom is 0.246 e. The van der Waals surface area contributed by atoms with E-state index in [4.69, 9.17) is 0 Å². The van der Waals surface area contributed by atoms with E-state index >= 15 is 0 Å². The van der Waals surface area contributed by atoms with Crippen LogP contribution in [0.4, 0.5) is 0 Å². The number of amides is 4. The molecule has 0 saturated carbocycles. The molecule has 1 heterocycles. The summed E-state index contributed by atoms with van der Waals surface area (Å²) in [5.41, 5.74) is 0.989. The maximum absolute atomic E-state index is 13.4. The van der Waals surface area contributed by atoms with Gasteiger partial charge in [0, 0.05) is 38.9 Å². The highest BCUT2D eigenvalue weighted by Crippen LogP contribution is 2.20. The highest BCUT2D eigenvalue weighted by Gasteiger charge is 2.37. The van der Waals surface area contributed by atoms with Gasteiger partial charge in [0.05, 0.1) is 6.54 Å². The van der Waals surface area contributed by atoms with E-state index < -0.39 is 6.04 Å². The van der Waals surface area contributed by atoms with E-state index in [-0.39, 0.29) is 42.6 Å². The number of hydrogen-bond donors (Lipinski definition) is 3. The third-order valence-corrected chi connectivity index (χ3v) is 6.82. The van der Waals surface area contributed by atoms with E-state index in [2.05, 4.69) is 22.9 Å². The highest BCUT2D eigenvalue weighted by atomic mass is 16.2. The summed E-state index contributed by atoms with van der Waals surface area (Å²) in [6.45, 7) is 4.80. The lowest BCUT2D eigenvalue weighted by atomic mass is 9.97. The number of nitrogens with zero attached hydrogens (tertiary/aromatic N) is 1. The standard InChI is InChI=1S/C29H46N4O4/c1-3-4-5-6-7-8-12-17-25(21-27(35)31-19-14-13-18-30-23(2)34)33-22-28(36)32-26(29(33)37)20-24-15-10-9-11-16-24/h9-11,15-16,25-26H,3-8,12-14,17-22H2,1-2H3,(H,30,34)(H,31,35)(H,32,36)/t25-,26+/m1/s1. The predicted octanol–water partition coefficient (Wildman–Crippen LogP) is 3.49. The van der Waals surface area contributed by atoms with Gasteiger partial charge in [-0.3, -0.25) is 19.2 Å². The second-order valence-corrected chi connectivity index (χ2v) is 10.1. The first-order valence-electron chi connectivity index (χ1n) is 14.1. The van der Waals surface area contributed by atoms with Crippen LogP contribution in [0.5, 0.6) is 0 Å². The molecule has 1 aliphatic rings. The van der Waals surface area contributed by atoms with Crippen LogP contribution in [0.2, 0.25) is 0 Å². The van der Waals surface area contributed by atoms with Gasteiger partial charge in [-0.15, -0.1) is 0 Å². The van der Waals surface area contributed by atoms with Gasteiger partial charge in [-0.2, -0.15) is 0 Å². The van der Waals surface area contributed by atoms with E-state index in [1.807, 2.05) is 30.3 Å². The summed E-state index contributed by atoms with van der Waals surface area (Å²) in [7, 11) is 0. The Hall–Kier alpha value is -2.90. The Balaban J connectivity index is 1.95. The average Bonchev–Trinajstić information content (AvgIpc) is 2.87. The summed E-state index contributed by atoms with van der Waals surface area (Å²) in [6, 6.07) is 8.76. The van der Waals surface area contributed by atoms with E-state index in [9.17, 15) is 19.2 Å². The Morgan fingerprint density at radius 1 is 0.946 bits per heavy atom. The predicted molar refractivity (Wildman–Crippen MR) is 146 cm³/mol. The van der Waals surface area contributed by atoms with Gasteiger partial charge in [0.2, 0.25) is 23.6 Å². The summed E-state index contributed by atoms with van der Waals surface area (Å²) in [6.07, 6.45) is 11.0. The average molecular weight is 515 g/mol. The monoisotopic (exact) mass is 514 g/mol. The molecule has 1 fully saturated rings. The fourth-order valence-corrected chi connectivity index (χ4v) is 4.77. The van der Waals surface area contributed by atoms with Crippen molar-refractivity contribution in [2.24, 2.45) is 0 Å². The molecule has 8 heteroatoms. The smallest absolute Gasteiger partial charge is 0.246 e. The van der Waals surface area contributed by atoms with Crippen LogP contribution in [0.3, 0.4) is 0 Å². The van der Waals surface area contributed by atoms with Crippen molar-refractivity contribution in [1.29, 1.82) is 0 Å². The second kappa shape index (κ2) is 17.5. The van der Waals surface area contributed by atoms with Gasteiger partial charge in [-0.25, -0.2) is 0 Å².